The molecule has 1 aromatic carbocycles. The van der Waals surface area contributed by atoms with E-state index in [0.717, 1.165) is 40.1 Å². The Labute approximate surface area is 151 Å². The largest absolute Gasteiger partial charge is 0.268 e. The predicted molar refractivity (Wildman–Crippen MR) is 99.6 cm³/mol. The summed E-state index contributed by atoms with van der Waals surface area (Å²) in [5.41, 5.74) is 4.23. The fraction of sp³-hybridized carbons (Fsp3) is 0.263. The van der Waals surface area contributed by atoms with Gasteiger partial charge in [0.25, 0.3) is 0 Å². The third kappa shape index (κ3) is 3.89. The van der Waals surface area contributed by atoms with Crippen molar-refractivity contribution < 1.29 is 0 Å². The monoisotopic (exact) mass is 349 g/mol. The van der Waals surface area contributed by atoms with Gasteiger partial charge in [0.1, 0.15) is 5.69 Å². The van der Waals surface area contributed by atoms with E-state index in [1.807, 2.05) is 18.2 Å². The molecule has 0 saturated heterocycles. The number of nitriles is 1. The molecule has 6 heteroatoms. The maximum atomic E-state index is 8.71. The second-order valence-electron chi connectivity index (χ2n) is 5.76. The van der Waals surface area contributed by atoms with Crippen LogP contribution in [-0.2, 0) is 0 Å². The first-order chi connectivity index (χ1) is 12.2. The van der Waals surface area contributed by atoms with Gasteiger partial charge in [-0.1, -0.05) is 35.5 Å². The lowest BCUT2D eigenvalue weighted by atomic mass is 10.1. The number of benzene rings is 1. The molecule has 0 aliphatic carbocycles. The van der Waals surface area contributed by atoms with Crippen molar-refractivity contribution in [2.45, 2.75) is 31.8 Å². The first-order valence-electron chi connectivity index (χ1n) is 8.15. The lowest BCUT2D eigenvalue weighted by Crippen LogP contribution is -2.03. The molecule has 0 bridgehead atoms. The van der Waals surface area contributed by atoms with Gasteiger partial charge < -0.3 is 0 Å². The molecule has 3 aromatic rings. The van der Waals surface area contributed by atoms with Crippen LogP contribution >= 0.6 is 11.8 Å². The molecule has 0 radical (unpaired) electrons. The van der Waals surface area contributed by atoms with Crippen LogP contribution in [0.5, 0.6) is 0 Å². The molecule has 0 aliphatic rings. The van der Waals surface area contributed by atoms with Gasteiger partial charge in [-0.2, -0.15) is 5.26 Å². The number of nitrogens with zero attached hydrogens (tertiary/aromatic N) is 5. The number of unbranched alkanes of at least 4 members (excludes halogenated alkanes) is 1. The maximum Gasteiger partial charge on any atom is 0.196 e. The average molecular weight is 349 g/mol. The maximum absolute atomic E-state index is 8.71. The quantitative estimate of drug-likeness (QED) is 0.489. The summed E-state index contributed by atoms with van der Waals surface area (Å²) in [6.07, 6.45) is 3.15. The average Bonchev–Trinajstić information content (AvgIpc) is 3.03. The van der Waals surface area contributed by atoms with Crippen molar-refractivity contribution >= 4 is 11.8 Å². The zero-order valence-electron chi connectivity index (χ0n) is 14.3. The first-order valence-corrected chi connectivity index (χ1v) is 9.13. The summed E-state index contributed by atoms with van der Waals surface area (Å²) in [5, 5.41) is 18.3. The lowest BCUT2D eigenvalue weighted by Gasteiger charge is -2.13. The van der Waals surface area contributed by atoms with Crippen LogP contribution in [0.2, 0.25) is 0 Å². The highest BCUT2D eigenvalue weighted by molar-refractivity contribution is 7.99. The van der Waals surface area contributed by atoms with E-state index in [4.69, 9.17) is 5.26 Å². The highest BCUT2D eigenvalue weighted by Crippen LogP contribution is 2.29. The van der Waals surface area contributed by atoms with E-state index in [0.29, 0.717) is 6.42 Å². The molecule has 0 aliphatic heterocycles. The van der Waals surface area contributed by atoms with Gasteiger partial charge in [-0.05, 0) is 44.0 Å². The van der Waals surface area contributed by atoms with Gasteiger partial charge in [-0.15, -0.1) is 10.2 Å². The lowest BCUT2D eigenvalue weighted by molar-refractivity contribution is 0.873. The van der Waals surface area contributed by atoms with Crippen molar-refractivity contribution in [2.75, 3.05) is 5.75 Å². The van der Waals surface area contributed by atoms with E-state index >= 15 is 0 Å². The zero-order valence-corrected chi connectivity index (χ0v) is 15.1. The van der Waals surface area contributed by atoms with Crippen molar-refractivity contribution in [3.8, 4) is 23.3 Å². The highest BCUT2D eigenvalue weighted by Gasteiger charge is 2.18. The Balaban J connectivity index is 2.05. The molecule has 2 aromatic heterocycles. The molecule has 0 fully saturated rings. The number of rotatable bonds is 6. The van der Waals surface area contributed by atoms with E-state index in [-0.39, 0.29) is 0 Å². The standard InChI is InChI=1S/C19H19N5S/c1-14-8-9-17(15(2)13-14)24-18(16-7-3-5-11-21-16)22-23-19(24)25-12-6-4-10-20/h3,5,7-9,11,13H,4,6,12H2,1-2H3. The third-order valence-corrected chi connectivity index (χ3v) is 4.80. The van der Waals surface area contributed by atoms with Crippen LogP contribution < -0.4 is 0 Å². The summed E-state index contributed by atoms with van der Waals surface area (Å²) in [6, 6.07) is 14.3. The normalized spacial score (nSPS) is 10.6. The molecule has 5 nitrogen and oxygen atoms in total. The highest BCUT2D eigenvalue weighted by atomic mass is 32.2. The summed E-state index contributed by atoms with van der Waals surface area (Å²) >= 11 is 1.62. The molecule has 0 spiro atoms. The van der Waals surface area contributed by atoms with Crippen LogP contribution in [0.4, 0.5) is 0 Å². The fourth-order valence-corrected chi connectivity index (χ4v) is 3.50. The van der Waals surface area contributed by atoms with Crippen molar-refractivity contribution in [2.24, 2.45) is 0 Å². The summed E-state index contributed by atoms with van der Waals surface area (Å²) in [4.78, 5) is 4.43. The second-order valence-corrected chi connectivity index (χ2v) is 6.82. The summed E-state index contributed by atoms with van der Waals surface area (Å²) in [6.45, 7) is 4.18. The predicted octanol–water partition coefficient (Wildman–Crippen LogP) is 4.34. The number of hydrogen-bond acceptors (Lipinski definition) is 5. The number of pyridine rings is 1. The van der Waals surface area contributed by atoms with Gasteiger partial charge in [0.15, 0.2) is 11.0 Å². The van der Waals surface area contributed by atoms with Crippen LogP contribution in [0.25, 0.3) is 17.2 Å². The summed E-state index contributed by atoms with van der Waals surface area (Å²) in [5.74, 6) is 1.56. The summed E-state index contributed by atoms with van der Waals surface area (Å²) in [7, 11) is 0. The molecular weight excluding hydrogens is 330 g/mol. The van der Waals surface area contributed by atoms with Gasteiger partial charge >= 0.3 is 0 Å². The van der Waals surface area contributed by atoms with Crippen LogP contribution in [0, 0.1) is 25.2 Å². The molecule has 0 atom stereocenters. The third-order valence-electron chi connectivity index (χ3n) is 3.78. The number of aromatic nitrogens is 4. The molecule has 3 rings (SSSR count). The SMILES string of the molecule is Cc1ccc(-n2c(SCCCC#N)nnc2-c2ccccn2)c(C)c1. The minimum atomic E-state index is 0.553. The Morgan fingerprint density at radius 3 is 2.76 bits per heavy atom. The van der Waals surface area contributed by atoms with E-state index in [2.05, 4.69) is 57.9 Å². The number of aryl methyl sites for hydroxylation is 2. The van der Waals surface area contributed by atoms with Crippen LogP contribution in [0.3, 0.4) is 0 Å². The Hall–Kier alpha value is -2.65. The van der Waals surface area contributed by atoms with E-state index in [9.17, 15) is 0 Å². The molecule has 0 amide bonds. The molecule has 25 heavy (non-hydrogen) atoms. The molecule has 0 unspecified atom stereocenters. The van der Waals surface area contributed by atoms with Crippen LogP contribution in [-0.4, -0.2) is 25.5 Å². The van der Waals surface area contributed by atoms with Gasteiger partial charge in [-0.3, -0.25) is 9.55 Å². The van der Waals surface area contributed by atoms with Crippen molar-refractivity contribution in [1.29, 1.82) is 5.26 Å². The number of hydrogen-bond donors (Lipinski definition) is 0. The Morgan fingerprint density at radius 1 is 1.16 bits per heavy atom. The summed E-state index contributed by atoms with van der Waals surface area (Å²) < 4.78 is 2.06. The smallest absolute Gasteiger partial charge is 0.196 e. The fourth-order valence-electron chi connectivity index (χ4n) is 2.61. The number of thioether (sulfide) groups is 1. The molecule has 126 valence electrons. The zero-order chi connectivity index (χ0) is 17.6. The molecule has 0 saturated carbocycles. The van der Waals surface area contributed by atoms with Gasteiger partial charge in [0.2, 0.25) is 0 Å². The van der Waals surface area contributed by atoms with Crippen LogP contribution in [0.1, 0.15) is 24.0 Å². The molecule has 0 N–H and O–H groups in total. The van der Waals surface area contributed by atoms with Gasteiger partial charge in [0, 0.05) is 18.4 Å². The van der Waals surface area contributed by atoms with E-state index in [1.54, 1.807) is 18.0 Å². The Bertz CT molecular complexity index is 896. The van der Waals surface area contributed by atoms with Crippen LogP contribution in [0.15, 0.2) is 47.8 Å². The first kappa shape index (κ1) is 17.2. The van der Waals surface area contributed by atoms with E-state index in [1.165, 1.54) is 5.56 Å². The van der Waals surface area contributed by atoms with Crippen molar-refractivity contribution in [1.82, 2.24) is 19.7 Å². The molecule has 2 heterocycles. The van der Waals surface area contributed by atoms with Crippen molar-refractivity contribution in [3.63, 3.8) is 0 Å². The minimum absolute atomic E-state index is 0.553. The topological polar surface area (TPSA) is 67.4 Å². The molecular formula is C19H19N5S. The van der Waals surface area contributed by atoms with Crippen molar-refractivity contribution in [3.05, 3.63) is 53.7 Å². The van der Waals surface area contributed by atoms with E-state index < -0.39 is 0 Å². The minimum Gasteiger partial charge on any atom is -0.268 e. The second kappa shape index (κ2) is 7.95. The van der Waals surface area contributed by atoms with Gasteiger partial charge in [0.05, 0.1) is 11.8 Å². The Kier molecular flexibility index (Phi) is 5.46. The van der Waals surface area contributed by atoms with Gasteiger partial charge in [-0.25, -0.2) is 0 Å². The Morgan fingerprint density at radius 2 is 2.04 bits per heavy atom.